The highest BCUT2D eigenvalue weighted by Crippen LogP contribution is 2.36. The molecular weight excluding hydrogens is 376 g/mol. The summed E-state index contributed by atoms with van der Waals surface area (Å²) in [7, 11) is 0. The van der Waals surface area contributed by atoms with Crippen LogP contribution in [-0.4, -0.2) is 25.1 Å². The van der Waals surface area contributed by atoms with Crippen LogP contribution < -0.4 is 10.6 Å². The Balaban J connectivity index is 1.32. The maximum absolute atomic E-state index is 14.2. The van der Waals surface area contributed by atoms with Gasteiger partial charge in [-0.25, -0.2) is 13.8 Å². The molecule has 0 bridgehead atoms. The normalized spacial score (nSPS) is 14.1. The number of benzene rings is 1. The van der Waals surface area contributed by atoms with Gasteiger partial charge in [-0.3, -0.25) is 5.10 Å². The molecule has 1 aliphatic carbocycles. The molecule has 5 rings (SSSR count). The summed E-state index contributed by atoms with van der Waals surface area (Å²) < 4.78 is 28.0. The third kappa shape index (κ3) is 3.51. The van der Waals surface area contributed by atoms with Crippen LogP contribution in [0.2, 0.25) is 0 Å². The quantitative estimate of drug-likeness (QED) is 0.383. The summed E-state index contributed by atoms with van der Waals surface area (Å²) in [6.45, 7) is 0.297. The van der Waals surface area contributed by atoms with E-state index in [0.29, 0.717) is 23.8 Å². The number of nitrogens with zero attached hydrogens (tertiary/aromatic N) is 3. The summed E-state index contributed by atoms with van der Waals surface area (Å²) in [6.07, 6.45) is 6.36. The first-order valence-corrected chi connectivity index (χ1v) is 9.50. The molecule has 148 valence electrons. The molecule has 1 aromatic carbocycles. The van der Waals surface area contributed by atoms with Gasteiger partial charge in [-0.05, 0) is 36.6 Å². The highest BCUT2D eigenvalue weighted by Gasteiger charge is 2.21. The molecular formula is C20H19F2N7. The minimum absolute atomic E-state index is 0.0280. The SMILES string of the molecule is Fc1cc(CNc2ncc(F)c(Nc3cc(C4CCC4)[nH]n3)n2)c2cc[nH]c2c1. The van der Waals surface area contributed by atoms with Crippen molar-refractivity contribution in [2.75, 3.05) is 10.6 Å². The largest absolute Gasteiger partial charge is 0.361 e. The van der Waals surface area contributed by atoms with Crippen molar-refractivity contribution < 1.29 is 8.78 Å². The maximum atomic E-state index is 14.2. The summed E-state index contributed by atoms with van der Waals surface area (Å²) in [5.74, 6) is 0.357. The lowest BCUT2D eigenvalue weighted by Gasteiger charge is -2.23. The van der Waals surface area contributed by atoms with Gasteiger partial charge in [0.2, 0.25) is 5.95 Å². The van der Waals surface area contributed by atoms with Crippen molar-refractivity contribution >= 4 is 28.5 Å². The van der Waals surface area contributed by atoms with Gasteiger partial charge in [0.25, 0.3) is 0 Å². The van der Waals surface area contributed by atoms with E-state index in [-0.39, 0.29) is 17.6 Å². The molecule has 0 saturated heterocycles. The molecule has 1 aliphatic rings. The van der Waals surface area contributed by atoms with E-state index < -0.39 is 5.82 Å². The summed E-state index contributed by atoms with van der Waals surface area (Å²) in [6, 6.07) is 6.66. The van der Waals surface area contributed by atoms with Crippen molar-refractivity contribution in [3.63, 3.8) is 0 Å². The summed E-state index contributed by atoms with van der Waals surface area (Å²) in [4.78, 5) is 11.2. The molecule has 0 atom stereocenters. The zero-order valence-corrected chi connectivity index (χ0v) is 15.5. The first kappa shape index (κ1) is 17.6. The zero-order valence-electron chi connectivity index (χ0n) is 15.5. The standard InChI is InChI=1S/C20H19F2N7/c21-13-6-12(14-4-5-23-17(14)7-13)9-24-20-25-10-15(22)19(27-20)26-18-8-16(28-29-18)11-2-1-3-11/h4-8,10-11,23H,1-3,9H2,(H3,24,25,26,27,28,29). The average molecular weight is 395 g/mol. The van der Waals surface area contributed by atoms with Gasteiger partial charge >= 0.3 is 0 Å². The Kier molecular flexibility index (Phi) is 4.34. The molecule has 7 nitrogen and oxygen atoms in total. The summed E-state index contributed by atoms with van der Waals surface area (Å²) in [5.41, 5.74) is 2.51. The van der Waals surface area contributed by atoms with Crippen LogP contribution >= 0.6 is 0 Å². The summed E-state index contributed by atoms with van der Waals surface area (Å²) >= 11 is 0. The second kappa shape index (κ2) is 7.16. The molecule has 1 fully saturated rings. The fourth-order valence-electron chi connectivity index (χ4n) is 3.52. The molecule has 3 aromatic heterocycles. The minimum Gasteiger partial charge on any atom is -0.361 e. The molecule has 0 amide bonds. The van der Waals surface area contributed by atoms with Gasteiger partial charge in [-0.2, -0.15) is 10.1 Å². The molecule has 9 heteroatoms. The Morgan fingerprint density at radius 3 is 2.90 bits per heavy atom. The fraction of sp³-hybridized carbons (Fsp3) is 0.250. The number of aromatic amines is 2. The minimum atomic E-state index is -0.581. The lowest BCUT2D eigenvalue weighted by Crippen LogP contribution is -2.08. The van der Waals surface area contributed by atoms with Crippen LogP contribution in [0.5, 0.6) is 0 Å². The first-order chi connectivity index (χ1) is 14.2. The van der Waals surface area contributed by atoms with Crippen LogP contribution in [0.4, 0.5) is 26.4 Å². The number of hydrogen-bond donors (Lipinski definition) is 4. The molecule has 4 aromatic rings. The smallest absolute Gasteiger partial charge is 0.225 e. The Bertz CT molecular complexity index is 1160. The second-order valence-electron chi connectivity index (χ2n) is 7.21. The van der Waals surface area contributed by atoms with Crippen molar-refractivity contribution in [3.05, 3.63) is 59.6 Å². The van der Waals surface area contributed by atoms with E-state index in [1.807, 2.05) is 12.1 Å². The molecule has 0 aliphatic heterocycles. The van der Waals surface area contributed by atoms with E-state index in [2.05, 4.69) is 35.8 Å². The van der Waals surface area contributed by atoms with Crippen molar-refractivity contribution in [1.82, 2.24) is 25.1 Å². The molecule has 0 unspecified atom stereocenters. The number of H-pyrrole nitrogens is 2. The predicted octanol–water partition coefficient (Wildman–Crippen LogP) is 4.58. The topological polar surface area (TPSA) is 94.3 Å². The molecule has 29 heavy (non-hydrogen) atoms. The third-order valence-corrected chi connectivity index (χ3v) is 5.29. The summed E-state index contributed by atoms with van der Waals surface area (Å²) in [5, 5.41) is 14.0. The van der Waals surface area contributed by atoms with Crippen molar-refractivity contribution in [2.24, 2.45) is 0 Å². The lowest BCUT2D eigenvalue weighted by molar-refractivity contribution is 0.410. The number of aromatic nitrogens is 5. The Morgan fingerprint density at radius 1 is 1.17 bits per heavy atom. The first-order valence-electron chi connectivity index (χ1n) is 9.50. The van der Waals surface area contributed by atoms with E-state index in [1.165, 1.54) is 18.6 Å². The van der Waals surface area contributed by atoms with Gasteiger partial charge in [0.15, 0.2) is 17.5 Å². The van der Waals surface area contributed by atoms with Crippen LogP contribution in [0, 0.1) is 11.6 Å². The van der Waals surface area contributed by atoms with Gasteiger partial charge in [-0.1, -0.05) is 6.42 Å². The van der Waals surface area contributed by atoms with Crippen molar-refractivity contribution in [3.8, 4) is 0 Å². The van der Waals surface area contributed by atoms with Gasteiger partial charge in [-0.15, -0.1) is 0 Å². The Morgan fingerprint density at radius 2 is 2.07 bits per heavy atom. The van der Waals surface area contributed by atoms with Crippen LogP contribution in [0.3, 0.4) is 0 Å². The average Bonchev–Trinajstić information content (AvgIpc) is 3.30. The number of hydrogen-bond acceptors (Lipinski definition) is 5. The zero-order chi connectivity index (χ0) is 19.8. The van der Waals surface area contributed by atoms with Crippen LogP contribution in [-0.2, 0) is 6.54 Å². The van der Waals surface area contributed by atoms with E-state index >= 15 is 0 Å². The number of fused-ring (bicyclic) bond motifs is 1. The maximum Gasteiger partial charge on any atom is 0.225 e. The number of nitrogens with one attached hydrogen (secondary N) is 4. The highest BCUT2D eigenvalue weighted by atomic mass is 19.1. The number of halogens is 2. The van der Waals surface area contributed by atoms with E-state index in [9.17, 15) is 8.78 Å². The second-order valence-corrected chi connectivity index (χ2v) is 7.21. The van der Waals surface area contributed by atoms with Gasteiger partial charge in [0.1, 0.15) is 5.82 Å². The van der Waals surface area contributed by atoms with E-state index in [4.69, 9.17) is 0 Å². The van der Waals surface area contributed by atoms with Crippen molar-refractivity contribution in [1.29, 1.82) is 0 Å². The van der Waals surface area contributed by atoms with Gasteiger partial charge in [0, 0.05) is 41.3 Å². The van der Waals surface area contributed by atoms with Gasteiger partial charge in [0.05, 0.1) is 6.20 Å². The molecule has 0 spiro atoms. The highest BCUT2D eigenvalue weighted by molar-refractivity contribution is 5.83. The fourth-order valence-corrected chi connectivity index (χ4v) is 3.52. The number of anilines is 3. The van der Waals surface area contributed by atoms with E-state index in [1.54, 1.807) is 6.20 Å². The van der Waals surface area contributed by atoms with Crippen LogP contribution in [0.1, 0.15) is 36.4 Å². The lowest BCUT2D eigenvalue weighted by atomic mass is 9.83. The number of rotatable bonds is 6. The Labute approximate surface area is 165 Å². The molecule has 1 saturated carbocycles. The molecule has 4 N–H and O–H groups in total. The molecule has 0 radical (unpaired) electrons. The van der Waals surface area contributed by atoms with E-state index in [0.717, 1.165) is 35.7 Å². The molecule has 3 heterocycles. The monoisotopic (exact) mass is 395 g/mol. The Hall–Kier alpha value is -3.49. The van der Waals surface area contributed by atoms with Crippen LogP contribution in [0.15, 0.2) is 36.7 Å². The van der Waals surface area contributed by atoms with Crippen LogP contribution in [0.25, 0.3) is 10.9 Å². The predicted molar refractivity (Wildman–Crippen MR) is 106 cm³/mol. The third-order valence-electron chi connectivity index (χ3n) is 5.29. The van der Waals surface area contributed by atoms with Crippen molar-refractivity contribution in [2.45, 2.75) is 31.7 Å². The van der Waals surface area contributed by atoms with Gasteiger partial charge < -0.3 is 15.6 Å².